The molecule has 0 saturated heterocycles. The zero-order valence-electron chi connectivity index (χ0n) is 10.8. The number of hydrogen-bond donors (Lipinski definition) is 2. The highest BCUT2D eigenvalue weighted by atomic mass is 127. The third-order valence-corrected chi connectivity index (χ3v) is 4.42. The molecule has 0 bridgehead atoms. The summed E-state index contributed by atoms with van der Waals surface area (Å²) in [5.41, 5.74) is 0.219. The smallest absolute Gasteiger partial charge is 0.303 e. The van der Waals surface area contributed by atoms with Crippen LogP contribution in [0.15, 0.2) is 18.2 Å². The summed E-state index contributed by atoms with van der Waals surface area (Å²) in [6.45, 7) is 0.459. The van der Waals surface area contributed by atoms with Crippen molar-refractivity contribution in [2.45, 2.75) is 25.7 Å². The quantitative estimate of drug-likeness (QED) is 0.442. The normalized spacial score (nSPS) is 16.2. The van der Waals surface area contributed by atoms with Crippen molar-refractivity contribution < 1.29 is 14.8 Å². The van der Waals surface area contributed by atoms with E-state index >= 15 is 0 Å². The van der Waals surface area contributed by atoms with Gasteiger partial charge in [-0.05, 0) is 53.0 Å². The second-order valence-electron chi connectivity index (χ2n) is 5.20. The van der Waals surface area contributed by atoms with Gasteiger partial charge in [0.15, 0.2) is 0 Å². The van der Waals surface area contributed by atoms with E-state index in [-0.39, 0.29) is 17.5 Å². The lowest BCUT2D eigenvalue weighted by atomic mass is 9.66. The van der Waals surface area contributed by atoms with E-state index in [0.717, 1.165) is 22.8 Å². The standard InChI is InChI=1S/C13H15IN2O4/c14-9-2-3-10(11(6-9)16(19)20)15-8-13(4-1-5-13)7-12(17)18/h2-3,6,15H,1,4-5,7-8H2,(H,17,18). The molecule has 2 N–H and O–H groups in total. The molecule has 7 heteroatoms. The van der Waals surface area contributed by atoms with Gasteiger partial charge in [0.1, 0.15) is 5.69 Å². The molecule has 1 aromatic rings. The molecule has 0 spiro atoms. The van der Waals surface area contributed by atoms with Crippen LogP contribution in [0.25, 0.3) is 0 Å². The van der Waals surface area contributed by atoms with Gasteiger partial charge < -0.3 is 10.4 Å². The van der Waals surface area contributed by atoms with Crippen LogP contribution in [0.4, 0.5) is 11.4 Å². The maximum atomic E-state index is 11.0. The van der Waals surface area contributed by atoms with Crippen LogP contribution in [0.3, 0.4) is 0 Å². The van der Waals surface area contributed by atoms with Gasteiger partial charge >= 0.3 is 5.97 Å². The predicted molar refractivity (Wildman–Crippen MR) is 82.8 cm³/mol. The molecule has 0 radical (unpaired) electrons. The number of rotatable bonds is 6. The largest absolute Gasteiger partial charge is 0.481 e. The van der Waals surface area contributed by atoms with Crippen molar-refractivity contribution in [3.05, 3.63) is 31.9 Å². The van der Waals surface area contributed by atoms with Gasteiger partial charge in [0.25, 0.3) is 5.69 Å². The van der Waals surface area contributed by atoms with E-state index in [2.05, 4.69) is 5.32 Å². The number of aliphatic carboxylic acids is 1. The lowest BCUT2D eigenvalue weighted by Crippen LogP contribution is -2.38. The van der Waals surface area contributed by atoms with Crippen LogP contribution in [-0.4, -0.2) is 22.5 Å². The van der Waals surface area contributed by atoms with Crippen molar-refractivity contribution in [1.29, 1.82) is 0 Å². The number of benzene rings is 1. The van der Waals surface area contributed by atoms with Gasteiger partial charge in [-0.3, -0.25) is 14.9 Å². The summed E-state index contributed by atoms with van der Waals surface area (Å²) < 4.78 is 0.795. The molecule has 1 aliphatic rings. The van der Waals surface area contributed by atoms with Crippen molar-refractivity contribution in [3.63, 3.8) is 0 Å². The van der Waals surface area contributed by atoms with E-state index in [9.17, 15) is 14.9 Å². The summed E-state index contributed by atoms with van der Waals surface area (Å²) in [6, 6.07) is 4.97. The summed E-state index contributed by atoms with van der Waals surface area (Å²) in [5, 5.41) is 23.0. The monoisotopic (exact) mass is 390 g/mol. The molecule has 2 rings (SSSR count). The highest BCUT2D eigenvalue weighted by Crippen LogP contribution is 2.44. The van der Waals surface area contributed by atoms with Gasteiger partial charge in [0.05, 0.1) is 11.3 Å². The van der Waals surface area contributed by atoms with E-state index in [1.165, 1.54) is 6.07 Å². The first-order valence-corrected chi connectivity index (χ1v) is 7.39. The van der Waals surface area contributed by atoms with E-state index in [0.29, 0.717) is 12.2 Å². The Morgan fingerprint density at radius 3 is 2.70 bits per heavy atom. The summed E-state index contributed by atoms with van der Waals surface area (Å²) in [7, 11) is 0. The topological polar surface area (TPSA) is 92.5 Å². The number of carboxylic acids is 1. The van der Waals surface area contributed by atoms with E-state index < -0.39 is 10.9 Å². The van der Waals surface area contributed by atoms with Crippen LogP contribution >= 0.6 is 22.6 Å². The second-order valence-corrected chi connectivity index (χ2v) is 6.44. The fourth-order valence-corrected chi connectivity index (χ4v) is 2.98. The summed E-state index contributed by atoms with van der Waals surface area (Å²) in [4.78, 5) is 21.5. The maximum absolute atomic E-state index is 11.0. The number of anilines is 1. The average molecular weight is 390 g/mol. The number of nitro groups is 1. The molecule has 0 aliphatic heterocycles. The van der Waals surface area contributed by atoms with E-state index in [1.807, 2.05) is 22.6 Å². The Kier molecular flexibility index (Phi) is 4.46. The fourth-order valence-electron chi connectivity index (χ4n) is 2.50. The lowest BCUT2D eigenvalue weighted by molar-refractivity contribution is -0.384. The van der Waals surface area contributed by atoms with E-state index in [1.54, 1.807) is 12.1 Å². The fraction of sp³-hybridized carbons (Fsp3) is 0.462. The molecule has 20 heavy (non-hydrogen) atoms. The minimum Gasteiger partial charge on any atom is -0.481 e. The molecule has 108 valence electrons. The number of nitro benzene ring substituents is 1. The Morgan fingerprint density at radius 2 is 2.20 bits per heavy atom. The molecular formula is C13H15IN2O4. The summed E-state index contributed by atoms with van der Waals surface area (Å²) in [6.07, 6.45) is 2.83. The number of nitrogens with one attached hydrogen (secondary N) is 1. The Balaban J connectivity index is 2.10. The van der Waals surface area contributed by atoms with Gasteiger partial charge in [-0.25, -0.2) is 0 Å². The van der Waals surface area contributed by atoms with Crippen LogP contribution in [0, 0.1) is 19.1 Å². The predicted octanol–water partition coefficient (Wildman–Crippen LogP) is 3.26. The van der Waals surface area contributed by atoms with Crippen LogP contribution < -0.4 is 5.32 Å². The number of carbonyl (C=O) groups is 1. The third kappa shape index (κ3) is 3.38. The first-order valence-electron chi connectivity index (χ1n) is 6.31. The highest BCUT2D eigenvalue weighted by Gasteiger charge is 2.39. The molecule has 0 heterocycles. The van der Waals surface area contributed by atoms with Gasteiger partial charge in [-0.1, -0.05) is 6.42 Å². The number of nitrogens with zero attached hydrogens (tertiary/aromatic N) is 1. The van der Waals surface area contributed by atoms with Crippen LogP contribution in [0.1, 0.15) is 25.7 Å². The molecule has 0 amide bonds. The highest BCUT2D eigenvalue weighted by molar-refractivity contribution is 14.1. The Hall–Kier alpha value is -1.38. The minimum atomic E-state index is -0.816. The summed E-state index contributed by atoms with van der Waals surface area (Å²) in [5.74, 6) is -0.816. The minimum absolute atomic E-state index is 0.0294. The second kappa shape index (κ2) is 5.94. The average Bonchev–Trinajstić information content (AvgIpc) is 2.33. The van der Waals surface area contributed by atoms with Crippen LogP contribution in [0.5, 0.6) is 0 Å². The van der Waals surface area contributed by atoms with E-state index in [4.69, 9.17) is 5.11 Å². The molecule has 0 atom stereocenters. The SMILES string of the molecule is O=C(O)CC1(CNc2ccc(I)cc2[N+](=O)[O-])CCC1. The molecule has 1 fully saturated rings. The zero-order chi connectivity index (χ0) is 14.8. The van der Waals surface area contributed by atoms with Crippen molar-refractivity contribution >= 4 is 39.9 Å². The van der Waals surface area contributed by atoms with Crippen molar-refractivity contribution in [2.24, 2.45) is 5.41 Å². The zero-order valence-corrected chi connectivity index (χ0v) is 12.9. The molecule has 1 aromatic carbocycles. The third-order valence-electron chi connectivity index (χ3n) is 3.75. The van der Waals surface area contributed by atoms with Crippen molar-refractivity contribution in [1.82, 2.24) is 0 Å². The van der Waals surface area contributed by atoms with Crippen molar-refractivity contribution in [3.8, 4) is 0 Å². The molecule has 1 aliphatic carbocycles. The Morgan fingerprint density at radius 1 is 1.50 bits per heavy atom. The van der Waals surface area contributed by atoms with Crippen molar-refractivity contribution in [2.75, 3.05) is 11.9 Å². The first-order chi connectivity index (χ1) is 9.42. The van der Waals surface area contributed by atoms with Gasteiger partial charge in [-0.2, -0.15) is 0 Å². The Bertz CT molecular complexity index is 543. The molecular weight excluding hydrogens is 375 g/mol. The van der Waals surface area contributed by atoms with Crippen LogP contribution in [0.2, 0.25) is 0 Å². The lowest BCUT2D eigenvalue weighted by Gasteiger charge is -2.41. The van der Waals surface area contributed by atoms with Crippen LogP contribution in [-0.2, 0) is 4.79 Å². The summed E-state index contributed by atoms with van der Waals surface area (Å²) >= 11 is 2.02. The van der Waals surface area contributed by atoms with Gasteiger partial charge in [-0.15, -0.1) is 0 Å². The molecule has 1 saturated carbocycles. The molecule has 0 unspecified atom stereocenters. The number of halogens is 1. The first kappa shape index (κ1) is 15.0. The number of carboxylic acid groups (broad SMARTS) is 1. The maximum Gasteiger partial charge on any atom is 0.303 e. The van der Waals surface area contributed by atoms with Gasteiger partial charge in [0, 0.05) is 16.2 Å². The molecule has 6 nitrogen and oxygen atoms in total. The number of hydrogen-bond acceptors (Lipinski definition) is 4. The van der Waals surface area contributed by atoms with Gasteiger partial charge in [0.2, 0.25) is 0 Å². The Labute approximate surface area is 129 Å². The molecule has 0 aromatic heterocycles.